The largest absolute Gasteiger partial charge is 0.508 e. The fourth-order valence-corrected chi connectivity index (χ4v) is 4.11. The van der Waals surface area contributed by atoms with Gasteiger partial charge in [0.15, 0.2) is 0 Å². The number of aliphatic hydroxyl groups is 1. The Kier molecular flexibility index (Phi) is 11.4. The molecule has 0 aliphatic rings. The van der Waals surface area contributed by atoms with Crippen molar-refractivity contribution in [2.75, 3.05) is 6.61 Å². The quantitative estimate of drug-likeness (QED) is 0.146. The number of aliphatic carboxylic acids is 1. The molecule has 11 heteroatoms. The molecule has 11 nitrogen and oxygen atoms in total. The monoisotopic (exact) mass is 562 g/mol. The maximum absolute atomic E-state index is 13.3. The Labute approximate surface area is 237 Å². The summed E-state index contributed by atoms with van der Waals surface area (Å²) in [5.41, 5.74) is 8.07. The number of carbonyl (C=O) groups is 4. The molecule has 0 spiro atoms. The molecule has 0 saturated heterocycles. The number of hydrogen-bond donors (Lipinski definition) is 7. The van der Waals surface area contributed by atoms with Crippen LogP contribution in [0.3, 0.4) is 0 Å². The SMILES string of the molecule is NC(Cc1ccccc1)C(=O)NC(CO)C(=O)NC(Cc1ccccc1)C(=O)NC(Cc1ccc(O)cc1)C(=O)O. The van der Waals surface area contributed by atoms with E-state index in [0.29, 0.717) is 11.1 Å². The van der Waals surface area contributed by atoms with Crippen molar-refractivity contribution >= 4 is 23.7 Å². The average molecular weight is 563 g/mol. The third-order valence-corrected chi connectivity index (χ3v) is 6.36. The number of aliphatic hydroxyl groups excluding tert-OH is 1. The molecule has 0 fully saturated rings. The molecule has 216 valence electrons. The lowest BCUT2D eigenvalue weighted by Gasteiger charge is -2.24. The van der Waals surface area contributed by atoms with E-state index in [1.54, 1.807) is 30.3 Å². The number of amides is 3. The number of phenols is 1. The Morgan fingerprint density at radius 2 is 1.05 bits per heavy atom. The van der Waals surface area contributed by atoms with Gasteiger partial charge in [-0.05, 0) is 35.2 Å². The molecule has 0 aromatic heterocycles. The number of nitrogens with two attached hydrogens (primary N) is 1. The number of rotatable bonds is 14. The Hall–Kier alpha value is -4.74. The van der Waals surface area contributed by atoms with E-state index in [4.69, 9.17) is 5.73 Å². The molecular weight excluding hydrogens is 528 g/mol. The first kappa shape index (κ1) is 30.8. The number of aromatic hydroxyl groups is 1. The minimum absolute atomic E-state index is 0.0156. The lowest BCUT2D eigenvalue weighted by Crippen LogP contribution is -2.58. The summed E-state index contributed by atoms with van der Waals surface area (Å²) in [5.74, 6) is -3.54. The number of phenolic OH excluding ortho intramolecular Hbond substituents is 1. The van der Waals surface area contributed by atoms with Crippen LogP contribution in [0.15, 0.2) is 84.9 Å². The smallest absolute Gasteiger partial charge is 0.326 e. The van der Waals surface area contributed by atoms with Gasteiger partial charge in [-0.25, -0.2) is 4.79 Å². The highest BCUT2D eigenvalue weighted by molar-refractivity contribution is 5.94. The zero-order chi connectivity index (χ0) is 29.8. The van der Waals surface area contributed by atoms with Gasteiger partial charge in [0.05, 0.1) is 12.6 Å². The molecule has 3 aromatic rings. The van der Waals surface area contributed by atoms with Gasteiger partial charge in [0.2, 0.25) is 17.7 Å². The lowest BCUT2D eigenvalue weighted by atomic mass is 10.0. The summed E-state index contributed by atoms with van der Waals surface area (Å²) < 4.78 is 0. The summed E-state index contributed by atoms with van der Waals surface area (Å²) in [7, 11) is 0. The summed E-state index contributed by atoms with van der Waals surface area (Å²) in [6, 6.07) is 18.8. The van der Waals surface area contributed by atoms with Gasteiger partial charge in [-0.15, -0.1) is 0 Å². The predicted octanol–water partition coefficient (Wildman–Crippen LogP) is 0.279. The van der Waals surface area contributed by atoms with Crippen LogP contribution in [0.5, 0.6) is 5.75 Å². The van der Waals surface area contributed by atoms with Gasteiger partial charge in [0, 0.05) is 12.8 Å². The molecule has 3 rings (SSSR count). The summed E-state index contributed by atoms with van der Waals surface area (Å²) in [5, 5.41) is 36.5. The molecule has 8 N–H and O–H groups in total. The minimum Gasteiger partial charge on any atom is -0.508 e. The van der Waals surface area contributed by atoms with Gasteiger partial charge in [-0.2, -0.15) is 0 Å². The maximum atomic E-state index is 13.3. The standard InChI is InChI=1S/C30H34N4O7/c31-23(15-19-7-3-1-4-8-19)27(37)34-26(18-35)29(39)32-24(16-20-9-5-2-6-10-20)28(38)33-25(30(40)41)17-21-11-13-22(36)14-12-21/h1-14,23-26,35-36H,15-18,31H2,(H,32,39)(H,33,38)(H,34,37)(H,40,41). The number of hydrogen-bond acceptors (Lipinski definition) is 7. The summed E-state index contributed by atoms with van der Waals surface area (Å²) in [4.78, 5) is 51.0. The van der Waals surface area contributed by atoms with E-state index in [-0.39, 0.29) is 25.0 Å². The van der Waals surface area contributed by atoms with E-state index < -0.39 is 54.5 Å². The minimum atomic E-state index is -1.40. The van der Waals surface area contributed by atoms with E-state index in [1.807, 2.05) is 30.3 Å². The van der Waals surface area contributed by atoms with Gasteiger partial charge in [-0.3, -0.25) is 14.4 Å². The molecule has 4 atom stereocenters. The first-order valence-corrected chi connectivity index (χ1v) is 13.0. The second-order valence-electron chi connectivity index (χ2n) is 9.56. The van der Waals surface area contributed by atoms with E-state index in [1.165, 1.54) is 24.3 Å². The highest BCUT2D eigenvalue weighted by atomic mass is 16.4. The first-order valence-electron chi connectivity index (χ1n) is 13.0. The van der Waals surface area contributed by atoms with Crippen molar-refractivity contribution < 1.29 is 34.5 Å². The van der Waals surface area contributed by atoms with Crippen LogP contribution in [0, 0.1) is 0 Å². The van der Waals surface area contributed by atoms with E-state index in [2.05, 4.69) is 16.0 Å². The number of carboxylic acid groups (broad SMARTS) is 1. The van der Waals surface area contributed by atoms with Gasteiger partial charge < -0.3 is 37.0 Å². The van der Waals surface area contributed by atoms with Crippen LogP contribution >= 0.6 is 0 Å². The summed E-state index contributed by atoms with van der Waals surface area (Å²) in [6.45, 7) is -0.756. The Bertz CT molecular complexity index is 1300. The van der Waals surface area contributed by atoms with Crippen molar-refractivity contribution in [2.45, 2.75) is 43.4 Å². The summed E-state index contributed by atoms with van der Waals surface area (Å²) >= 11 is 0. The number of benzene rings is 3. The van der Waals surface area contributed by atoms with Crippen molar-refractivity contribution in [3.05, 3.63) is 102 Å². The average Bonchev–Trinajstić information content (AvgIpc) is 2.97. The van der Waals surface area contributed by atoms with Crippen LogP contribution < -0.4 is 21.7 Å². The van der Waals surface area contributed by atoms with Crippen LogP contribution in [0.2, 0.25) is 0 Å². The Morgan fingerprint density at radius 1 is 0.610 bits per heavy atom. The molecule has 0 radical (unpaired) electrons. The first-order chi connectivity index (χ1) is 19.7. The molecule has 0 saturated carbocycles. The molecule has 0 aliphatic carbocycles. The molecular formula is C30H34N4O7. The Morgan fingerprint density at radius 3 is 1.59 bits per heavy atom. The van der Waals surface area contributed by atoms with E-state index in [0.717, 1.165) is 5.56 Å². The van der Waals surface area contributed by atoms with Gasteiger partial charge >= 0.3 is 5.97 Å². The predicted molar refractivity (Wildman–Crippen MR) is 151 cm³/mol. The van der Waals surface area contributed by atoms with Gasteiger partial charge in [0.25, 0.3) is 0 Å². The van der Waals surface area contributed by atoms with Crippen LogP contribution in [0.25, 0.3) is 0 Å². The van der Waals surface area contributed by atoms with Crippen LogP contribution in [-0.4, -0.2) is 69.8 Å². The molecule has 41 heavy (non-hydrogen) atoms. The highest BCUT2D eigenvalue weighted by Gasteiger charge is 2.30. The van der Waals surface area contributed by atoms with Crippen LogP contribution in [-0.2, 0) is 38.4 Å². The topological polar surface area (TPSA) is 191 Å². The molecule has 0 aliphatic heterocycles. The van der Waals surface area contributed by atoms with Crippen molar-refractivity contribution in [2.24, 2.45) is 5.73 Å². The second kappa shape index (κ2) is 15.2. The van der Waals surface area contributed by atoms with E-state index in [9.17, 15) is 34.5 Å². The normalized spacial score (nSPS) is 13.7. The number of carbonyl (C=O) groups excluding carboxylic acids is 3. The fraction of sp³-hybridized carbons (Fsp3) is 0.267. The van der Waals surface area contributed by atoms with E-state index >= 15 is 0 Å². The van der Waals surface area contributed by atoms with Crippen molar-refractivity contribution in [1.82, 2.24) is 16.0 Å². The molecule has 4 unspecified atom stereocenters. The molecule has 3 amide bonds. The van der Waals surface area contributed by atoms with Crippen molar-refractivity contribution in [1.29, 1.82) is 0 Å². The zero-order valence-electron chi connectivity index (χ0n) is 22.3. The lowest BCUT2D eigenvalue weighted by molar-refractivity contribution is -0.142. The van der Waals surface area contributed by atoms with Gasteiger partial charge in [0.1, 0.15) is 23.9 Å². The molecule has 0 bridgehead atoms. The van der Waals surface area contributed by atoms with Crippen LogP contribution in [0.4, 0.5) is 0 Å². The van der Waals surface area contributed by atoms with Gasteiger partial charge in [-0.1, -0.05) is 72.8 Å². The van der Waals surface area contributed by atoms with Crippen LogP contribution in [0.1, 0.15) is 16.7 Å². The third kappa shape index (κ3) is 9.75. The molecule has 3 aromatic carbocycles. The van der Waals surface area contributed by atoms with Crippen molar-refractivity contribution in [3.63, 3.8) is 0 Å². The second-order valence-corrected chi connectivity index (χ2v) is 9.56. The zero-order valence-corrected chi connectivity index (χ0v) is 22.3. The summed E-state index contributed by atoms with van der Waals surface area (Å²) in [6.07, 6.45) is 0.161. The highest BCUT2D eigenvalue weighted by Crippen LogP contribution is 2.12. The maximum Gasteiger partial charge on any atom is 0.326 e. The number of carboxylic acids is 1. The Balaban J connectivity index is 1.71. The van der Waals surface area contributed by atoms with Crippen molar-refractivity contribution in [3.8, 4) is 5.75 Å². The number of nitrogens with one attached hydrogen (secondary N) is 3. The molecule has 0 heterocycles. The fourth-order valence-electron chi connectivity index (χ4n) is 4.11. The third-order valence-electron chi connectivity index (χ3n) is 6.36.